The Morgan fingerprint density at radius 2 is 2.21 bits per heavy atom. The monoisotopic (exact) mass is 394 g/mol. The second kappa shape index (κ2) is 5.72. The fraction of sp³-hybridized carbons (Fsp3) is 0.522. The maximum Gasteiger partial charge on any atom is 0.302 e. The number of aryl methyl sites for hydroxylation is 1. The molecule has 29 heavy (non-hydrogen) atoms. The Morgan fingerprint density at radius 3 is 2.97 bits per heavy atom. The van der Waals surface area contributed by atoms with Gasteiger partial charge in [0.2, 0.25) is 0 Å². The van der Waals surface area contributed by atoms with Crippen LogP contribution in [0.25, 0.3) is 10.9 Å². The van der Waals surface area contributed by atoms with E-state index in [-0.39, 0.29) is 36.7 Å². The van der Waals surface area contributed by atoms with Gasteiger partial charge in [-0.1, -0.05) is 29.8 Å². The Balaban J connectivity index is 1.61. The summed E-state index contributed by atoms with van der Waals surface area (Å²) in [5, 5.41) is 12.5. The van der Waals surface area contributed by atoms with Crippen molar-refractivity contribution in [3.8, 4) is 0 Å². The number of carbonyl (C=O) groups excluding carboxylic acids is 1. The molecular weight excluding hydrogens is 368 g/mol. The second-order valence-corrected chi connectivity index (χ2v) is 8.96. The maximum atomic E-state index is 11.7. The molecule has 1 N–H and O–H groups in total. The van der Waals surface area contributed by atoms with Gasteiger partial charge < -0.3 is 19.1 Å². The smallest absolute Gasteiger partial charge is 0.302 e. The number of ether oxygens (including phenoxy) is 2. The number of aliphatic hydroxyl groups excluding tert-OH is 1. The number of nitrogens with zero attached hydrogens (tertiary/aromatic N) is 2. The predicted molar refractivity (Wildman–Crippen MR) is 107 cm³/mol. The minimum absolute atomic E-state index is 0.00241. The van der Waals surface area contributed by atoms with Crippen molar-refractivity contribution < 1.29 is 19.4 Å². The lowest BCUT2D eigenvalue weighted by atomic mass is 9.55. The number of rotatable bonds is 2. The van der Waals surface area contributed by atoms with E-state index < -0.39 is 11.7 Å². The third-order valence-corrected chi connectivity index (χ3v) is 7.94. The summed E-state index contributed by atoms with van der Waals surface area (Å²) in [7, 11) is 2.14. The summed E-state index contributed by atoms with van der Waals surface area (Å²) in [5.74, 6) is -0.176. The van der Waals surface area contributed by atoms with Crippen LogP contribution in [0.2, 0.25) is 0 Å². The molecule has 4 saturated heterocycles. The zero-order valence-electron chi connectivity index (χ0n) is 17.0. The summed E-state index contributed by atoms with van der Waals surface area (Å²) in [5.41, 5.74) is 4.41. The molecule has 0 radical (unpaired) electrons. The Morgan fingerprint density at radius 1 is 1.41 bits per heavy atom. The van der Waals surface area contributed by atoms with Gasteiger partial charge >= 0.3 is 5.97 Å². The van der Waals surface area contributed by atoms with Crippen molar-refractivity contribution in [2.45, 2.75) is 44.7 Å². The number of piperidine rings is 3. The summed E-state index contributed by atoms with van der Waals surface area (Å²) >= 11 is 0. The molecule has 0 spiro atoms. The van der Waals surface area contributed by atoms with Gasteiger partial charge in [-0.2, -0.15) is 0 Å². The van der Waals surface area contributed by atoms with Gasteiger partial charge in [-0.3, -0.25) is 9.69 Å². The standard InChI is InChI=1S/C23H26N2O4/c1-4-13-10-25-17-9-15(13)23(11-28-12(2)26)21(25)20(29-22(23)27)18-14-7-5-6-8-16(14)24(3)19(17)18/h4-8,15,17,20-22,27H,9-11H2,1-3H3/b13-4-/t15-,17-,20+,21-,22+,23-/m0/s1. The van der Waals surface area contributed by atoms with Crippen LogP contribution >= 0.6 is 0 Å². The number of allylic oxidation sites excluding steroid dienone is 1. The quantitative estimate of drug-likeness (QED) is 0.627. The fourth-order valence-electron chi connectivity index (χ4n) is 6.84. The Hall–Kier alpha value is -2.15. The largest absolute Gasteiger partial charge is 0.465 e. The van der Waals surface area contributed by atoms with Crippen molar-refractivity contribution >= 4 is 16.9 Å². The highest BCUT2D eigenvalue weighted by atomic mass is 16.6. The first kappa shape index (κ1) is 17.7. The van der Waals surface area contributed by atoms with Crippen LogP contribution in [-0.2, 0) is 21.3 Å². The minimum atomic E-state index is -0.967. The maximum absolute atomic E-state index is 11.7. The lowest BCUT2D eigenvalue weighted by Crippen LogP contribution is -2.68. The number of carbonyl (C=O) groups is 1. The van der Waals surface area contributed by atoms with Crippen LogP contribution < -0.4 is 0 Å². The van der Waals surface area contributed by atoms with E-state index in [1.54, 1.807) is 0 Å². The second-order valence-electron chi connectivity index (χ2n) is 8.96. The number of hydrogen-bond donors (Lipinski definition) is 1. The van der Waals surface area contributed by atoms with Crippen molar-refractivity contribution in [3.63, 3.8) is 0 Å². The topological polar surface area (TPSA) is 63.9 Å². The normalized spacial score (nSPS) is 40.5. The number of aliphatic hydroxyl groups is 1. The van der Waals surface area contributed by atoms with E-state index in [1.165, 1.54) is 34.7 Å². The lowest BCUT2D eigenvalue weighted by molar-refractivity contribution is -0.192. The SMILES string of the molecule is C/C=C1/CN2[C@H]3[C@@H]4O[C@@H](O)[C@@]3(COC(C)=O)[C@H]1C[C@H]2c1c4c2ccccc2n1C. The molecule has 1 unspecified atom stereocenters. The third-order valence-electron chi connectivity index (χ3n) is 7.94. The summed E-state index contributed by atoms with van der Waals surface area (Å²) in [6.45, 7) is 4.57. The Kier molecular flexibility index (Phi) is 3.49. The van der Waals surface area contributed by atoms with Crippen molar-refractivity contribution in [2.75, 3.05) is 13.2 Å². The highest BCUT2D eigenvalue weighted by Crippen LogP contribution is 2.67. The molecule has 4 fully saturated rings. The van der Waals surface area contributed by atoms with E-state index in [0.29, 0.717) is 0 Å². The summed E-state index contributed by atoms with van der Waals surface area (Å²) in [6, 6.07) is 8.73. The van der Waals surface area contributed by atoms with Gasteiger partial charge in [-0.15, -0.1) is 0 Å². The van der Waals surface area contributed by atoms with Gasteiger partial charge in [-0.05, 0) is 25.3 Å². The zero-order valence-corrected chi connectivity index (χ0v) is 17.0. The molecule has 152 valence electrons. The number of para-hydroxylation sites is 1. The average Bonchev–Trinajstić information content (AvgIpc) is 3.21. The summed E-state index contributed by atoms with van der Waals surface area (Å²) in [4.78, 5) is 14.2. The molecule has 0 saturated carbocycles. The molecular formula is C23H26N2O4. The van der Waals surface area contributed by atoms with Gasteiger partial charge in [0.15, 0.2) is 6.29 Å². The molecule has 7 rings (SSSR count). The van der Waals surface area contributed by atoms with Gasteiger partial charge in [0.1, 0.15) is 12.7 Å². The third kappa shape index (κ3) is 1.95. The number of hydrogen-bond acceptors (Lipinski definition) is 5. The highest BCUT2D eigenvalue weighted by Gasteiger charge is 2.71. The molecule has 1 aromatic carbocycles. The van der Waals surface area contributed by atoms with E-state index in [0.717, 1.165) is 13.0 Å². The molecule has 4 bridgehead atoms. The number of fused-ring (bicyclic) bond motifs is 5. The lowest BCUT2D eigenvalue weighted by Gasteiger charge is -2.62. The van der Waals surface area contributed by atoms with E-state index in [4.69, 9.17) is 9.47 Å². The average molecular weight is 394 g/mol. The van der Waals surface area contributed by atoms with Crippen LogP contribution in [0, 0.1) is 11.3 Å². The summed E-state index contributed by atoms with van der Waals surface area (Å²) in [6.07, 6.45) is 1.88. The molecule has 7 atom stereocenters. The molecule has 6 nitrogen and oxygen atoms in total. The van der Waals surface area contributed by atoms with Crippen molar-refractivity contribution in [1.29, 1.82) is 0 Å². The molecule has 2 aromatic rings. The van der Waals surface area contributed by atoms with Gasteiger partial charge in [-0.25, -0.2) is 0 Å². The van der Waals surface area contributed by atoms with Crippen LogP contribution in [0.5, 0.6) is 0 Å². The predicted octanol–water partition coefficient (Wildman–Crippen LogP) is 2.82. The first-order chi connectivity index (χ1) is 14.0. The molecule has 0 aliphatic carbocycles. The van der Waals surface area contributed by atoms with Crippen LogP contribution in [-0.4, -0.2) is 46.0 Å². The van der Waals surface area contributed by atoms with Crippen molar-refractivity contribution in [3.05, 3.63) is 47.2 Å². The minimum Gasteiger partial charge on any atom is -0.465 e. The first-order valence-corrected chi connectivity index (χ1v) is 10.4. The van der Waals surface area contributed by atoms with E-state index in [9.17, 15) is 9.90 Å². The van der Waals surface area contributed by atoms with Crippen LogP contribution in [0.3, 0.4) is 0 Å². The molecule has 5 aliphatic rings. The van der Waals surface area contributed by atoms with E-state index >= 15 is 0 Å². The first-order valence-electron chi connectivity index (χ1n) is 10.4. The summed E-state index contributed by atoms with van der Waals surface area (Å²) < 4.78 is 14.2. The van der Waals surface area contributed by atoms with E-state index in [1.807, 2.05) is 0 Å². The molecule has 6 heteroatoms. The van der Waals surface area contributed by atoms with E-state index in [2.05, 4.69) is 53.8 Å². The molecule has 6 heterocycles. The number of benzene rings is 1. The van der Waals surface area contributed by atoms with Gasteiger partial charge in [0.25, 0.3) is 0 Å². The molecule has 5 aliphatic heterocycles. The number of aromatic nitrogens is 1. The molecule has 1 aromatic heterocycles. The van der Waals surface area contributed by atoms with Crippen LogP contribution in [0.15, 0.2) is 35.9 Å². The molecule has 0 amide bonds. The van der Waals surface area contributed by atoms with Crippen molar-refractivity contribution in [2.24, 2.45) is 18.4 Å². The Labute approximate surface area is 169 Å². The van der Waals surface area contributed by atoms with Crippen LogP contribution in [0.1, 0.15) is 43.7 Å². The zero-order chi connectivity index (χ0) is 20.1. The number of esters is 1. The van der Waals surface area contributed by atoms with Gasteiger partial charge in [0, 0.05) is 42.7 Å². The highest BCUT2D eigenvalue weighted by molar-refractivity contribution is 5.87. The van der Waals surface area contributed by atoms with Gasteiger partial charge in [0.05, 0.1) is 17.5 Å². The fourth-order valence-corrected chi connectivity index (χ4v) is 6.84. The Bertz CT molecular complexity index is 1070. The van der Waals surface area contributed by atoms with Crippen LogP contribution in [0.4, 0.5) is 0 Å². The van der Waals surface area contributed by atoms with Crippen molar-refractivity contribution in [1.82, 2.24) is 9.47 Å².